The van der Waals surface area contributed by atoms with E-state index in [4.69, 9.17) is 5.11 Å². The fraction of sp³-hybridized carbons (Fsp3) is 0.500. The molecule has 0 aliphatic heterocycles. The third-order valence-corrected chi connectivity index (χ3v) is 4.06. The van der Waals surface area contributed by atoms with Crippen molar-refractivity contribution in [1.82, 2.24) is 4.90 Å². The lowest BCUT2D eigenvalue weighted by Crippen LogP contribution is -2.35. The van der Waals surface area contributed by atoms with Gasteiger partial charge in [0.2, 0.25) is 5.91 Å². The van der Waals surface area contributed by atoms with Gasteiger partial charge in [0.05, 0.1) is 5.92 Å². The van der Waals surface area contributed by atoms with Gasteiger partial charge in [-0.1, -0.05) is 30.3 Å². The molecule has 1 saturated carbocycles. The lowest BCUT2D eigenvalue weighted by atomic mass is 9.81. The molecular formula is C16H21NO3. The van der Waals surface area contributed by atoms with Crippen molar-refractivity contribution >= 4 is 11.9 Å². The summed E-state index contributed by atoms with van der Waals surface area (Å²) < 4.78 is 0. The van der Waals surface area contributed by atoms with E-state index in [0.717, 1.165) is 5.56 Å². The van der Waals surface area contributed by atoms with E-state index in [1.54, 1.807) is 4.90 Å². The Hall–Kier alpha value is -1.84. The summed E-state index contributed by atoms with van der Waals surface area (Å²) in [5, 5.41) is 8.97. The van der Waals surface area contributed by atoms with Gasteiger partial charge in [0, 0.05) is 19.5 Å². The normalized spacial score (nSPS) is 22.2. The molecule has 1 N–H and O–H groups in total. The number of hydrogen-bond donors (Lipinski definition) is 1. The molecule has 20 heavy (non-hydrogen) atoms. The largest absolute Gasteiger partial charge is 0.481 e. The average Bonchev–Trinajstić information content (AvgIpc) is 2.47. The summed E-state index contributed by atoms with van der Waals surface area (Å²) in [6.07, 6.45) is 2.61. The van der Waals surface area contributed by atoms with E-state index in [2.05, 4.69) is 0 Å². The number of rotatable bonds is 4. The maximum Gasteiger partial charge on any atom is 0.306 e. The Morgan fingerprint density at radius 1 is 1.10 bits per heavy atom. The SMILES string of the molecule is CN(Cc1ccccc1)C(=O)C1CCC(C(=O)O)CC1. The molecule has 0 bridgehead atoms. The van der Waals surface area contributed by atoms with Crippen LogP contribution in [-0.4, -0.2) is 28.9 Å². The van der Waals surface area contributed by atoms with E-state index in [-0.39, 0.29) is 17.7 Å². The number of carbonyl (C=O) groups excluding carboxylic acids is 1. The van der Waals surface area contributed by atoms with Crippen LogP contribution in [0.15, 0.2) is 30.3 Å². The molecule has 1 aromatic rings. The van der Waals surface area contributed by atoms with Gasteiger partial charge in [-0.15, -0.1) is 0 Å². The van der Waals surface area contributed by atoms with Gasteiger partial charge in [0.15, 0.2) is 0 Å². The molecule has 1 fully saturated rings. The minimum absolute atomic E-state index is 0.0145. The number of nitrogens with zero attached hydrogens (tertiary/aromatic N) is 1. The summed E-state index contributed by atoms with van der Waals surface area (Å²) in [4.78, 5) is 25.0. The molecule has 4 nitrogen and oxygen atoms in total. The van der Waals surface area contributed by atoms with Crippen LogP contribution in [0.1, 0.15) is 31.2 Å². The molecule has 108 valence electrons. The predicted octanol–water partition coefficient (Wildman–Crippen LogP) is 2.54. The van der Waals surface area contributed by atoms with Crippen LogP contribution in [0.25, 0.3) is 0 Å². The van der Waals surface area contributed by atoms with Gasteiger partial charge in [-0.25, -0.2) is 0 Å². The molecule has 0 heterocycles. The Balaban J connectivity index is 1.87. The van der Waals surface area contributed by atoms with E-state index >= 15 is 0 Å². The smallest absolute Gasteiger partial charge is 0.306 e. The summed E-state index contributed by atoms with van der Waals surface area (Å²) >= 11 is 0. The fourth-order valence-electron chi connectivity index (χ4n) is 2.83. The molecule has 0 atom stereocenters. The number of aliphatic carboxylic acids is 1. The van der Waals surface area contributed by atoms with Crippen molar-refractivity contribution in [3.8, 4) is 0 Å². The van der Waals surface area contributed by atoms with Crippen LogP contribution < -0.4 is 0 Å². The minimum Gasteiger partial charge on any atom is -0.481 e. The lowest BCUT2D eigenvalue weighted by Gasteiger charge is -2.29. The van der Waals surface area contributed by atoms with E-state index in [0.29, 0.717) is 32.2 Å². The van der Waals surface area contributed by atoms with E-state index in [1.165, 1.54) is 0 Å². The van der Waals surface area contributed by atoms with Crippen molar-refractivity contribution in [3.05, 3.63) is 35.9 Å². The molecule has 0 unspecified atom stereocenters. The minimum atomic E-state index is -0.728. The Morgan fingerprint density at radius 2 is 1.65 bits per heavy atom. The first kappa shape index (κ1) is 14.6. The zero-order valence-corrected chi connectivity index (χ0v) is 11.8. The van der Waals surface area contributed by atoms with E-state index in [9.17, 15) is 9.59 Å². The van der Waals surface area contributed by atoms with Gasteiger partial charge in [0.1, 0.15) is 0 Å². The number of carboxylic acid groups (broad SMARTS) is 1. The second-order valence-electron chi connectivity index (χ2n) is 5.57. The predicted molar refractivity (Wildman–Crippen MR) is 76.0 cm³/mol. The second kappa shape index (κ2) is 6.55. The zero-order valence-electron chi connectivity index (χ0n) is 11.8. The van der Waals surface area contributed by atoms with Crippen molar-refractivity contribution in [2.75, 3.05) is 7.05 Å². The van der Waals surface area contributed by atoms with Gasteiger partial charge < -0.3 is 10.0 Å². The number of hydrogen-bond acceptors (Lipinski definition) is 2. The van der Waals surface area contributed by atoms with Crippen molar-refractivity contribution in [2.45, 2.75) is 32.2 Å². The number of benzene rings is 1. The standard InChI is InChI=1S/C16H21NO3/c1-17(11-12-5-3-2-4-6-12)15(18)13-7-9-14(10-8-13)16(19)20/h2-6,13-14H,7-11H2,1H3,(H,19,20). The molecule has 0 spiro atoms. The molecule has 1 amide bonds. The van der Waals surface area contributed by atoms with Crippen molar-refractivity contribution in [2.24, 2.45) is 11.8 Å². The summed E-state index contributed by atoms with van der Waals surface area (Å²) in [7, 11) is 1.82. The molecule has 1 aromatic carbocycles. The second-order valence-corrected chi connectivity index (χ2v) is 5.57. The quantitative estimate of drug-likeness (QED) is 0.918. The summed E-state index contributed by atoms with van der Waals surface area (Å²) in [5.74, 6) is -0.871. The highest BCUT2D eigenvalue weighted by atomic mass is 16.4. The van der Waals surface area contributed by atoms with Gasteiger partial charge in [-0.3, -0.25) is 9.59 Å². The molecule has 0 radical (unpaired) electrons. The van der Waals surface area contributed by atoms with Gasteiger partial charge >= 0.3 is 5.97 Å². The summed E-state index contributed by atoms with van der Waals surface area (Å²) in [6, 6.07) is 9.89. The highest BCUT2D eigenvalue weighted by Gasteiger charge is 2.31. The first-order chi connectivity index (χ1) is 9.58. The maximum atomic E-state index is 12.4. The van der Waals surface area contributed by atoms with Crippen molar-refractivity contribution in [3.63, 3.8) is 0 Å². The van der Waals surface area contributed by atoms with Gasteiger partial charge in [0.25, 0.3) is 0 Å². The van der Waals surface area contributed by atoms with Crippen LogP contribution >= 0.6 is 0 Å². The van der Waals surface area contributed by atoms with Gasteiger partial charge in [-0.05, 0) is 31.2 Å². The van der Waals surface area contributed by atoms with Crippen LogP contribution in [0.4, 0.5) is 0 Å². The van der Waals surface area contributed by atoms with Crippen LogP contribution in [0.2, 0.25) is 0 Å². The van der Waals surface area contributed by atoms with Gasteiger partial charge in [-0.2, -0.15) is 0 Å². The van der Waals surface area contributed by atoms with Crippen molar-refractivity contribution < 1.29 is 14.7 Å². The first-order valence-electron chi connectivity index (χ1n) is 7.09. The molecule has 2 rings (SSSR count). The first-order valence-corrected chi connectivity index (χ1v) is 7.09. The van der Waals surface area contributed by atoms with Crippen LogP contribution in [0.3, 0.4) is 0 Å². The summed E-state index contributed by atoms with van der Waals surface area (Å²) in [6.45, 7) is 0.610. The Morgan fingerprint density at radius 3 is 2.20 bits per heavy atom. The van der Waals surface area contributed by atoms with E-state index < -0.39 is 5.97 Å². The average molecular weight is 275 g/mol. The number of amides is 1. The number of carboxylic acids is 1. The highest BCUT2D eigenvalue weighted by molar-refractivity contribution is 5.79. The molecule has 1 aliphatic carbocycles. The zero-order chi connectivity index (χ0) is 14.5. The Labute approximate surface area is 119 Å². The topological polar surface area (TPSA) is 57.6 Å². The van der Waals surface area contributed by atoms with Crippen molar-refractivity contribution in [1.29, 1.82) is 0 Å². The Bertz CT molecular complexity index is 464. The number of carbonyl (C=O) groups is 2. The monoisotopic (exact) mass is 275 g/mol. The van der Waals surface area contributed by atoms with Crippen LogP contribution in [0.5, 0.6) is 0 Å². The molecule has 0 aromatic heterocycles. The lowest BCUT2D eigenvalue weighted by molar-refractivity contribution is -0.145. The maximum absolute atomic E-state index is 12.4. The Kier molecular flexibility index (Phi) is 4.77. The van der Waals surface area contributed by atoms with E-state index in [1.807, 2.05) is 37.4 Å². The van der Waals surface area contributed by atoms with Crippen LogP contribution in [-0.2, 0) is 16.1 Å². The summed E-state index contributed by atoms with van der Waals surface area (Å²) in [5.41, 5.74) is 1.11. The highest BCUT2D eigenvalue weighted by Crippen LogP contribution is 2.30. The molecular weight excluding hydrogens is 254 g/mol. The molecule has 4 heteroatoms. The molecule has 1 aliphatic rings. The molecule has 0 saturated heterocycles. The fourth-order valence-corrected chi connectivity index (χ4v) is 2.83. The van der Waals surface area contributed by atoms with Crippen LogP contribution in [0, 0.1) is 11.8 Å². The third-order valence-electron chi connectivity index (χ3n) is 4.06. The third kappa shape index (κ3) is 3.59.